The van der Waals surface area contributed by atoms with Gasteiger partial charge in [-0.3, -0.25) is 13.9 Å². The highest BCUT2D eigenvalue weighted by molar-refractivity contribution is 7.86. The highest BCUT2D eigenvalue weighted by Crippen LogP contribution is 2.21. The molecule has 0 atom stereocenters. The first-order valence-corrected chi connectivity index (χ1v) is 7.88. The van der Waals surface area contributed by atoms with E-state index in [0.717, 1.165) is 0 Å². The smallest absolute Gasteiger partial charge is 0.264 e. The van der Waals surface area contributed by atoms with E-state index in [0.29, 0.717) is 0 Å². The SMILES string of the molecule is C=C([C](CCS(=O)(=O)O)CCS(=O)(=O)O)C(N)=O. The predicted octanol–water partition coefficient (Wildman–Crippen LogP) is -0.842. The summed E-state index contributed by atoms with van der Waals surface area (Å²) in [6, 6.07) is 0. The zero-order chi connectivity index (χ0) is 14.6. The number of hydrogen-bond acceptors (Lipinski definition) is 5. The second kappa shape index (κ2) is 6.27. The largest absolute Gasteiger partial charge is 0.366 e. The van der Waals surface area contributed by atoms with Gasteiger partial charge < -0.3 is 5.73 Å². The summed E-state index contributed by atoms with van der Waals surface area (Å²) in [6.07, 6.45) is -0.591. The fraction of sp³-hybridized carbons (Fsp3) is 0.500. The average Bonchev–Trinajstić information content (AvgIpc) is 2.13. The molecule has 0 aromatic rings. The van der Waals surface area contributed by atoms with E-state index >= 15 is 0 Å². The van der Waals surface area contributed by atoms with Crippen LogP contribution in [0.4, 0.5) is 0 Å². The Hall–Kier alpha value is -0.970. The number of amides is 1. The lowest BCUT2D eigenvalue weighted by molar-refractivity contribution is -0.114. The van der Waals surface area contributed by atoms with Gasteiger partial charge in [-0.1, -0.05) is 6.58 Å². The van der Waals surface area contributed by atoms with Crippen molar-refractivity contribution in [1.82, 2.24) is 0 Å². The molecule has 0 heterocycles. The van der Waals surface area contributed by atoms with Gasteiger partial charge in [0.2, 0.25) is 5.91 Å². The third-order valence-corrected chi connectivity index (χ3v) is 3.49. The minimum absolute atomic E-state index is 0.0535. The van der Waals surface area contributed by atoms with Gasteiger partial charge in [0.05, 0.1) is 11.5 Å². The lowest BCUT2D eigenvalue weighted by Crippen LogP contribution is -2.22. The molecular weight excluding hydrogens is 286 g/mol. The van der Waals surface area contributed by atoms with Crippen LogP contribution in [0.2, 0.25) is 0 Å². The second-order valence-corrected chi connectivity index (χ2v) is 6.66. The van der Waals surface area contributed by atoms with Crippen LogP contribution in [-0.2, 0) is 25.0 Å². The Morgan fingerprint density at radius 1 is 1.00 bits per heavy atom. The Morgan fingerprint density at radius 3 is 1.56 bits per heavy atom. The molecule has 0 saturated carbocycles. The van der Waals surface area contributed by atoms with E-state index in [1.165, 1.54) is 0 Å². The number of primary amides is 1. The molecule has 0 aromatic carbocycles. The van der Waals surface area contributed by atoms with E-state index in [-0.39, 0.29) is 24.3 Å². The zero-order valence-electron chi connectivity index (χ0n) is 9.37. The first-order chi connectivity index (χ1) is 7.92. The van der Waals surface area contributed by atoms with Gasteiger partial charge in [0.25, 0.3) is 20.2 Å². The van der Waals surface area contributed by atoms with Crippen molar-refractivity contribution in [2.45, 2.75) is 12.8 Å². The number of carbonyl (C=O) groups excluding carboxylic acids is 1. The lowest BCUT2D eigenvalue weighted by Gasteiger charge is -2.15. The van der Waals surface area contributed by atoms with Crippen molar-refractivity contribution in [2.24, 2.45) is 5.73 Å². The van der Waals surface area contributed by atoms with Gasteiger partial charge in [-0.15, -0.1) is 0 Å². The highest BCUT2D eigenvalue weighted by atomic mass is 32.2. The molecule has 0 aliphatic carbocycles. The van der Waals surface area contributed by atoms with Gasteiger partial charge in [-0.05, 0) is 12.8 Å². The molecule has 0 aliphatic rings. The van der Waals surface area contributed by atoms with Gasteiger partial charge in [0, 0.05) is 11.5 Å². The van der Waals surface area contributed by atoms with Gasteiger partial charge in [-0.25, -0.2) is 0 Å². The van der Waals surface area contributed by atoms with Crippen LogP contribution < -0.4 is 5.73 Å². The van der Waals surface area contributed by atoms with Crippen molar-refractivity contribution in [3.8, 4) is 0 Å². The minimum Gasteiger partial charge on any atom is -0.366 e. The van der Waals surface area contributed by atoms with Gasteiger partial charge >= 0.3 is 0 Å². The fourth-order valence-corrected chi connectivity index (χ4v) is 2.11. The zero-order valence-corrected chi connectivity index (χ0v) is 11.0. The first-order valence-electron chi connectivity index (χ1n) is 4.66. The molecule has 0 unspecified atom stereocenters. The molecule has 10 heteroatoms. The highest BCUT2D eigenvalue weighted by Gasteiger charge is 2.22. The van der Waals surface area contributed by atoms with Crippen molar-refractivity contribution in [1.29, 1.82) is 0 Å². The standard InChI is InChI=1S/C8H14NO7S2/c1-6(8(9)10)7(2-4-17(11,12)13)3-5-18(14,15)16/h1-5H2,(H2,9,10)(H,11,12,13)(H,14,15,16). The second-order valence-electron chi connectivity index (χ2n) is 3.52. The maximum Gasteiger partial charge on any atom is 0.264 e. The summed E-state index contributed by atoms with van der Waals surface area (Å²) in [5.41, 5.74) is 4.70. The molecule has 4 N–H and O–H groups in total. The Bertz CT molecular complexity index is 484. The summed E-state index contributed by atoms with van der Waals surface area (Å²) in [4.78, 5) is 10.9. The van der Waals surface area contributed by atoms with Gasteiger partial charge in [0.15, 0.2) is 0 Å². The third-order valence-electron chi connectivity index (χ3n) is 2.05. The molecule has 0 fully saturated rings. The van der Waals surface area contributed by atoms with Crippen LogP contribution in [0, 0.1) is 5.92 Å². The van der Waals surface area contributed by atoms with Gasteiger partial charge in [-0.2, -0.15) is 16.8 Å². The predicted molar refractivity (Wildman–Crippen MR) is 63.6 cm³/mol. The summed E-state index contributed by atoms with van der Waals surface area (Å²) in [7, 11) is -8.52. The van der Waals surface area contributed by atoms with E-state index in [1.54, 1.807) is 0 Å². The summed E-state index contributed by atoms with van der Waals surface area (Å²) >= 11 is 0. The molecule has 18 heavy (non-hydrogen) atoms. The van der Waals surface area contributed by atoms with Crippen molar-refractivity contribution in [3.63, 3.8) is 0 Å². The van der Waals surface area contributed by atoms with E-state index < -0.39 is 37.6 Å². The fourth-order valence-electron chi connectivity index (χ4n) is 1.11. The van der Waals surface area contributed by atoms with Crippen LogP contribution in [0.25, 0.3) is 0 Å². The summed E-state index contributed by atoms with van der Waals surface area (Å²) < 4.78 is 59.4. The molecule has 0 aromatic heterocycles. The molecule has 0 bridgehead atoms. The number of hydrogen-bond donors (Lipinski definition) is 3. The first kappa shape index (κ1) is 17.0. The summed E-state index contributed by atoms with van der Waals surface area (Å²) in [5, 5.41) is 0. The third kappa shape index (κ3) is 8.17. The molecular formula is C8H14NO7S2. The van der Waals surface area contributed by atoms with Crippen molar-refractivity contribution in [3.05, 3.63) is 18.1 Å². The van der Waals surface area contributed by atoms with Crippen LogP contribution >= 0.6 is 0 Å². The normalized spacial score (nSPS) is 12.6. The number of nitrogens with two attached hydrogens (primary N) is 1. The van der Waals surface area contributed by atoms with E-state index in [2.05, 4.69) is 6.58 Å². The van der Waals surface area contributed by atoms with Crippen LogP contribution in [0.1, 0.15) is 12.8 Å². The monoisotopic (exact) mass is 300 g/mol. The molecule has 0 rings (SSSR count). The van der Waals surface area contributed by atoms with E-state index in [9.17, 15) is 21.6 Å². The molecule has 1 amide bonds. The molecule has 8 nitrogen and oxygen atoms in total. The summed E-state index contributed by atoms with van der Waals surface area (Å²) in [5.74, 6) is -2.27. The Morgan fingerprint density at radius 2 is 1.33 bits per heavy atom. The molecule has 0 saturated heterocycles. The maximum absolute atomic E-state index is 10.9. The Kier molecular flexibility index (Phi) is 5.93. The number of rotatable bonds is 8. The van der Waals surface area contributed by atoms with Crippen molar-refractivity contribution >= 4 is 26.1 Å². The minimum atomic E-state index is -4.26. The van der Waals surface area contributed by atoms with Crippen LogP contribution in [0.3, 0.4) is 0 Å². The van der Waals surface area contributed by atoms with Crippen molar-refractivity contribution < 1.29 is 30.7 Å². The topological polar surface area (TPSA) is 152 Å². The molecule has 105 valence electrons. The van der Waals surface area contributed by atoms with Crippen LogP contribution in [0.15, 0.2) is 12.2 Å². The van der Waals surface area contributed by atoms with E-state index in [1.807, 2.05) is 0 Å². The van der Waals surface area contributed by atoms with Crippen molar-refractivity contribution in [2.75, 3.05) is 11.5 Å². The van der Waals surface area contributed by atoms with E-state index in [4.69, 9.17) is 14.8 Å². The lowest BCUT2D eigenvalue weighted by atomic mass is 9.94. The summed E-state index contributed by atoms with van der Waals surface area (Å²) in [6.45, 7) is 3.29. The van der Waals surface area contributed by atoms with Crippen LogP contribution in [0.5, 0.6) is 0 Å². The molecule has 0 aliphatic heterocycles. The Balaban J connectivity index is 4.74. The average molecular weight is 300 g/mol. The quantitative estimate of drug-likeness (QED) is 0.390. The van der Waals surface area contributed by atoms with Crippen LogP contribution in [-0.4, -0.2) is 43.4 Å². The molecule has 1 radical (unpaired) electrons. The molecule has 0 spiro atoms. The number of carbonyl (C=O) groups is 1. The van der Waals surface area contributed by atoms with Gasteiger partial charge in [0.1, 0.15) is 0 Å². The maximum atomic E-state index is 10.9. The Labute approximate surface area is 105 Å².